The smallest absolute Gasteiger partial charge is 0.414 e. The highest BCUT2D eigenvalue weighted by atomic mass is 35.5. The highest BCUT2D eigenvalue weighted by Gasteiger charge is 2.20. The van der Waals surface area contributed by atoms with Crippen molar-refractivity contribution in [1.82, 2.24) is 4.90 Å². The maximum atomic E-state index is 13.2. The van der Waals surface area contributed by atoms with E-state index < -0.39 is 11.9 Å². The van der Waals surface area contributed by atoms with E-state index in [9.17, 15) is 4.79 Å². The van der Waals surface area contributed by atoms with Crippen LogP contribution < -0.4 is 4.90 Å². The monoisotopic (exact) mass is 434 g/mol. The van der Waals surface area contributed by atoms with E-state index in [-0.39, 0.29) is 5.91 Å². The second-order valence-electron chi connectivity index (χ2n) is 7.10. The number of carboxylic acids is 2. The first kappa shape index (κ1) is 25.1. The molecule has 0 saturated heterocycles. The molecule has 0 atom stereocenters. The Morgan fingerprint density at radius 3 is 1.80 bits per heavy atom. The first-order chi connectivity index (χ1) is 13.9. The Morgan fingerprint density at radius 2 is 1.33 bits per heavy atom. The van der Waals surface area contributed by atoms with E-state index in [1.807, 2.05) is 63.2 Å². The van der Waals surface area contributed by atoms with Gasteiger partial charge in [0.2, 0.25) is 0 Å². The van der Waals surface area contributed by atoms with Gasteiger partial charge >= 0.3 is 11.9 Å². The summed E-state index contributed by atoms with van der Waals surface area (Å²) in [5.74, 6) is -3.62. The minimum absolute atomic E-state index is 0.0276. The fourth-order valence-electron chi connectivity index (χ4n) is 2.61. The molecule has 0 heterocycles. The standard InChI is InChI=1S/C20H25ClN2O.C2H2O4/c1-14-12-16(3)19(13-15(14)2)20(24)23(11-10-22(4)5)18-8-6-17(21)7-9-18;3-1(4)2(5)6/h6-9,12-13H,10-11H2,1-5H3;(H,3,4)(H,5,6). The molecule has 1 amide bonds. The van der Waals surface area contributed by atoms with Gasteiger partial charge < -0.3 is 20.0 Å². The van der Waals surface area contributed by atoms with Gasteiger partial charge in [-0.2, -0.15) is 0 Å². The second kappa shape index (κ2) is 11.3. The Bertz CT molecular complexity index is 898. The lowest BCUT2D eigenvalue weighted by Crippen LogP contribution is -2.37. The Morgan fingerprint density at radius 1 is 0.833 bits per heavy atom. The van der Waals surface area contributed by atoms with Gasteiger partial charge in [-0.25, -0.2) is 9.59 Å². The van der Waals surface area contributed by atoms with E-state index in [0.717, 1.165) is 28.9 Å². The van der Waals surface area contributed by atoms with Gasteiger partial charge in [-0.1, -0.05) is 17.7 Å². The van der Waals surface area contributed by atoms with Crippen LogP contribution in [0.2, 0.25) is 5.02 Å². The van der Waals surface area contributed by atoms with Gasteiger partial charge in [-0.3, -0.25) is 4.79 Å². The maximum Gasteiger partial charge on any atom is 0.414 e. The molecule has 0 fully saturated rings. The molecular formula is C22H27ClN2O5. The Kier molecular flexibility index (Phi) is 9.49. The molecular weight excluding hydrogens is 408 g/mol. The van der Waals surface area contributed by atoms with Crippen molar-refractivity contribution >= 4 is 35.1 Å². The number of hydrogen-bond acceptors (Lipinski definition) is 4. The summed E-state index contributed by atoms with van der Waals surface area (Å²) in [5.41, 5.74) is 4.96. The number of nitrogens with zero attached hydrogens (tertiary/aromatic N) is 2. The number of anilines is 1. The van der Waals surface area contributed by atoms with E-state index in [2.05, 4.69) is 17.9 Å². The molecule has 0 radical (unpaired) electrons. The average molecular weight is 435 g/mol. The first-order valence-corrected chi connectivity index (χ1v) is 9.58. The molecule has 7 nitrogen and oxygen atoms in total. The van der Waals surface area contributed by atoms with Gasteiger partial charge in [0.25, 0.3) is 5.91 Å². The van der Waals surface area contributed by atoms with Crippen LogP contribution in [0.5, 0.6) is 0 Å². The van der Waals surface area contributed by atoms with Gasteiger partial charge in [-0.05, 0) is 81.9 Å². The summed E-state index contributed by atoms with van der Waals surface area (Å²) < 4.78 is 0. The molecule has 30 heavy (non-hydrogen) atoms. The summed E-state index contributed by atoms with van der Waals surface area (Å²) in [7, 11) is 4.01. The summed E-state index contributed by atoms with van der Waals surface area (Å²) in [6.07, 6.45) is 0. The van der Waals surface area contributed by atoms with Gasteiger partial charge in [0.1, 0.15) is 0 Å². The molecule has 2 aromatic rings. The second-order valence-corrected chi connectivity index (χ2v) is 7.53. The fourth-order valence-corrected chi connectivity index (χ4v) is 2.73. The topological polar surface area (TPSA) is 98.2 Å². The number of likely N-dealkylation sites (N-methyl/N-ethyl adjacent to an activating group) is 1. The Hall–Kier alpha value is -2.90. The summed E-state index contributed by atoms with van der Waals surface area (Å²) in [6, 6.07) is 11.5. The van der Waals surface area contributed by atoms with Crippen LogP contribution in [0, 0.1) is 20.8 Å². The number of benzene rings is 2. The van der Waals surface area contributed by atoms with Crippen molar-refractivity contribution < 1.29 is 24.6 Å². The largest absolute Gasteiger partial charge is 0.473 e. The molecule has 2 rings (SSSR count). The Labute approximate surface area is 181 Å². The number of carboxylic acid groups (broad SMARTS) is 2. The molecule has 162 valence electrons. The zero-order chi connectivity index (χ0) is 23.0. The van der Waals surface area contributed by atoms with Crippen LogP contribution in [0.25, 0.3) is 0 Å². The number of halogens is 1. The quantitative estimate of drug-likeness (QED) is 0.697. The Balaban J connectivity index is 0.000000656. The first-order valence-electron chi connectivity index (χ1n) is 9.20. The van der Waals surface area contributed by atoms with Crippen LogP contribution in [0.4, 0.5) is 5.69 Å². The average Bonchev–Trinajstić information content (AvgIpc) is 2.66. The van der Waals surface area contributed by atoms with Crippen molar-refractivity contribution in [2.24, 2.45) is 0 Å². The predicted molar refractivity (Wildman–Crippen MR) is 118 cm³/mol. The number of aryl methyl sites for hydroxylation is 3. The maximum absolute atomic E-state index is 13.2. The van der Waals surface area contributed by atoms with Crippen LogP contribution in [0.3, 0.4) is 0 Å². The van der Waals surface area contributed by atoms with Crippen molar-refractivity contribution in [3.8, 4) is 0 Å². The van der Waals surface area contributed by atoms with E-state index in [1.54, 1.807) is 0 Å². The molecule has 0 aromatic heterocycles. The predicted octanol–water partition coefficient (Wildman–Crippen LogP) is 3.63. The SMILES string of the molecule is Cc1cc(C)c(C(=O)N(CCN(C)C)c2ccc(Cl)cc2)cc1C.O=C(O)C(=O)O. The molecule has 0 bridgehead atoms. The number of carbonyl (C=O) groups excluding carboxylic acids is 1. The normalized spacial score (nSPS) is 10.2. The van der Waals surface area contributed by atoms with Crippen LogP contribution in [0.15, 0.2) is 36.4 Å². The number of hydrogen-bond donors (Lipinski definition) is 2. The van der Waals surface area contributed by atoms with Crippen LogP contribution in [-0.2, 0) is 9.59 Å². The zero-order valence-corrected chi connectivity index (χ0v) is 18.5. The van der Waals surface area contributed by atoms with E-state index in [4.69, 9.17) is 31.4 Å². The third-order valence-corrected chi connectivity index (χ3v) is 4.66. The number of amides is 1. The van der Waals surface area contributed by atoms with Crippen molar-refractivity contribution in [2.75, 3.05) is 32.1 Å². The fraction of sp³-hybridized carbons (Fsp3) is 0.318. The van der Waals surface area contributed by atoms with Gasteiger partial charge in [-0.15, -0.1) is 0 Å². The minimum atomic E-state index is -1.82. The van der Waals surface area contributed by atoms with Crippen LogP contribution in [-0.4, -0.2) is 60.1 Å². The highest BCUT2D eigenvalue weighted by Crippen LogP contribution is 2.23. The van der Waals surface area contributed by atoms with Gasteiger partial charge in [0.15, 0.2) is 0 Å². The molecule has 0 aliphatic heterocycles. The lowest BCUT2D eigenvalue weighted by molar-refractivity contribution is -0.159. The van der Waals surface area contributed by atoms with Crippen molar-refractivity contribution in [1.29, 1.82) is 0 Å². The lowest BCUT2D eigenvalue weighted by Gasteiger charge is -2.26. The molecule has 0 unspecified atom stereocenters. The van der Waals surface area contributed by atoms with Crippen molar-refractivity contribution in [2.45, 2.75) is 20.8 Å². The third kappa shape index (κ3) is 7.50. The van der Waals surface area contributed by atoms with E-state index in [0.29, 0.717) is 11.6 Å². The highest BCUT2D eigenvalue weighted by molar-refractivity contribution is 6.30. The molecule has 0 aliphatic carbocycles. The molecule has 0 aliphatic rings. The number of aliphatic carboxylic acids is 2. The molecule has 2 N–H and O–H groups in total. The summed E-state index contributed by atoms with van der Waals surface area (Å²) >= 11 is 5.99. The third-order valence-electron chi connectivity index (χ3n) is 4.41. The zero-order valence-electron chi connectivity index (χ0n) is 17.8. The summed E-state index contributed by atoms with van der Waals surface area (Å²) in [6.45, 7) is 7.52. The van der Waals surface area contributed by atoms with Crippen molar-refractivity contribution in [3.05, 3.63) is 63.7 Å². The van der Waals surface area contributed by atoms with Gasteiger partial charge in [0, 0.05) is 29.4 Å². The van der Waals surface area contributed by atoms with Crippen molar-refractivity contribution in [3.63, 3.8) is 0 Å². The molecule has 0 saturated carbocycles. The lowest BCUT2D eigenvalue weighted by atomic mass is 9.99. The molecule has 0 spiro atoms. The van der Waals surface area contributed by atoms with E-state index in [1.165, 1.54) is 5.56 Å². The number of carbonyl (C=O) groups is 3. The summed E-state index contributed by atoms with van der Waals surface area (Å²) in [4.78, 5) is 35.3. The van der Waals surface area contributed by atoms with E-state index >= 15 is 0 Å². The van der Waals surface area contributed by atoms with Crippen LogP contribution >= 0.6 is 11.6 Å². The minimum Gasteiger partial charge on any atom is -0.473 e. The molecule has 8 heteroatoms. The molecule has 2 aromatic carbocycles. The summed E-state index contributed by atoms with van der Waals surface area (Å²) in [5, 5.41) is 15.5. The number of rotatable bonds is 5. The van der Waals surface area contributed by atoms with Gasteiger partial charge in [0.05, 0.1) is 0 Å². The van der Waals surface area contributed by atoms with Crippen LogP contribution in [0.1, 0.15) is 27.0 Å².